The molecular formula is C14H12FN3O3. The molecule has 2 heterocycles. The molecule has 1 aromatic carbocycles. The molecule has 6 nitrogen and oxygen atoms in total. The van der Waals surface area contributed by atoms with E-state index in [0.717, 1.165) is 5.56 Å². The van der Waals surface area contributed by atoms with Crippen molar-refractivity contribution in [2.24, 2.45) is 5.16 Å². The van der Waals surface area contributed by atoms with E-state index < -0.39 is 6.10 Å². The van der Waals surface area contributed by atoms with Crippen molar-refractivity contribution < 1.29 is 18.5 Å². The molecule has 7 heteroatoms. The molecule has 0 spiro atoms. The lowest BCUT2D eigenvalue weighted by atomic mass is 10.0. The summed E-state index contributed by atoms with van der Waals surface area (Å²) in [6.07, 6.45) is -0.420. The van der Waals surface area contributed by atoms with Crippen molar-refractivity contribution in [3.8, 4) is 0 Å². The molecule has 3 rings (SSSR count). The van der Waals surface area contributed by atoms with Gasteiger partial charge < -0.3 is 14.7 Å². The Morgan fingerprint density at radius 2 is 2.14 bits per heavy atom. The zero-order chi connectivity index (χ0) is 14.8. The van der Waals surface area contributed by atoms with Crippen molar-refractivity contribution in [1.82, 2.24) is 5.16 Å². The molecule has 0 aliphatic carbocycles. The van der Waals surface area contributed by atoms with Crippen LogP contribution in [0.15, 0.2) is 40.0 Å². The van der Waals surface area contributed by atoms with Gasteiger partial charge in [0.1, 0.15) is 11.6 Å². The molecule has 0 bridgehead atoms. The number of aryl methyl sites for hydroxylation is 1. The van der Waals surface area contributed by atoms with Crippen LogP contribution in [0.4, 0.5) is 10.2 Å². The molecule has 1 N–H and O–H groups in total. The highest BCUT2D eigenvalue weighted by Crippen LogP contribution is 2.18. The number of carbonyl (C=O) groups excluding carboxylic acids is 1. The minimum Gasteiger partial charge on any atom is -0.382 e. The number of nitrogens with one attached hydrogen (secondary N) is 1. The Kier molecular flexibility index (Phi) is 3.39. The molecule has 108 valence electrons. The summed E-state index contributed by atoms with van der Waals surface area (Å²) in [6.45, 7) is 1.73. The third-order valence-electron chi connectivity index (χ3n) is 3.02. The Labute approximate surface area is 119 Å². The van der Waals surface area contributed by atoms with Gasteiger partial charge in [0.25, 0.3) is 5.91 Å². The van der Waals surface area contributed by atoms with Gasteiger partial charge in [-0.1, -0.05) is 22.4 Å². The van der Waals surface area contributed by atoms with Gasteiger partial charge in [-0.15, -0.1) is 0 Å². The average molecular weight is 289 g/mol. The van der Waals surface area contributed by atoms with E-state index in [9.17, 15) is 9.18 Å². The smallest absolute Gasteiger partial charge is 0.269 e. The maximum atomic E-state index is 12.9. The molecule has 1 atom stereocenters. The molecule has 0 radical (unpaired) electrons. The molecule has 0 unspecified atom stereocenters. The maximum Gasteiger partial charge on any atom is 0.269 e. The molecule has 1 aromatic heterocycles. The minimum absolute atomic E-state index is 0.314. The number of rotatable bonds is 3. The minimum atomic E-state index is -0.734. The molecule has 21 heavy (non-hydrogen) atoms. The van der Waals surface area contributed by atoms with E-state index >= 15 is 0 Å². The fourth-order valence-electron chi connectivity index (χ4n) is 1.96. The van der Waals surface area contributed by atoms with Gasteiger partial charge in [-0.25, -0.2) is 4.39 Å². The predicted octanol–water partition coefficient (Wildman–Crippen LogP) is 2.25. The van der Waals surface area contributed by atoms with Gasteiger partial charge in [-0.3, -0.25) is 4.79 Å². The van der Waals surface area contributed by atoms with E-state index in [2.05, 4.69) is 15.6 Å². The van der Waals surface area contributed by atoms with Crippen LogP contribution in [0.3, 0.4) is 0 Å². The number of carbonyl (C=O) groups is 1. The fourth-order valence-corrected chi connectivity index (χ4v) is 1.96. The highest BCUT2D eigenvalue weighted by Gasteiger charge is 2.29. The lowest BCUT2D eigenvalue weighted by Crippen LogP contribution is -2.28. The van der Waals surface area contributed by atoms with Crippen LogP contribution in [0.25, 0.3) is 0 Å². The number of anilines is 1. The van der Waals surface area contributed by atoms with Crippen LogP contribution < -0.4 is 5.32 Å². The van der Waals surface area contributed by atoms with Crippen LogP contribution in [0, 0.1) is 12.7 Å². The Morgan fingerprint density at radius 1 is 1.38 bits per heavy atom. The quantitative estimate of drug-likeness (QED) is 0.940. The van der Waals surface area contributed by atoms with Gasteiger partial charge in [-0.2, -0.15) is 0 Å². The topological polar surface area (TPSA) is 76.7 Å². The van der Waals surface area contributed by atoms with E-state index in [1.54, 1.807) is 25.1 Å². The van der Waals surface area contributed by atoms with Crippen molar-refractivity contribution in [3.05, 3.63) is 47.5 Å². The van der Waals surface area contributed by atoms with Crippen LogP contribution in [-0.2, 0) is 9.63 Å². The summed E-state index contributed by atoms with van der Waals surface area (Å²) in [4.78, 5) is 17.1. The van der Waals surface area contributed by atoms with Crippen molar-refractivity contribution in [2.45, 2.75) is 19.4 Å². The van der Waals surface area contributed by atoms with Crippen LogP contribution in [0.5, 0.6) is 0 Å². The van der Waals surface area contributed by atoms with Crippen molar-refractivity contribution in [3.63, 3.8) is 0 Å². The van der Waals surface area contributed by atoms with Gasteiger partial charge in [0.05, 0.1) is 5.71 Å². The summed E-state index contributed by atoms with van der Waals surface area (Å²) in [6, 6.07) is 7.47. The summed E-state index contributed by atoms with van der Waals surface area (Å²) in [7, 11) is 0. The van der Waals surface area contributed by atoms with E-state index in [1.807, 2.05) is 0 Å². The van der Waals surface area contributed by atoms with E-state index in [0.29, 0.717) is 23.7 Å². The molecule has 2 aromatic rings. The lowest BCUT2D eigenvalue weighted by Gasteiger charge is -2.06. The molecular weight excluding hydrogens is 277 g/mol. The molecule has 1 aliphatic rings. The van der Waals surface area contributed by atoms with Gasteiger partial charge in [0.15, 0.2) is 5.82 Å². The number of halogens is 1. The standard InChI is InChI=1S/C14H12FN3O3/c1-8-6-13(18-20-8)16-14(19)12-7-11(17-21-12)9-2-4-10(15)5-3-9/h2-6,12H,7H2,1H3,(H,16,18,19)/t12-/m0/s1. The number of amides is 1. The monoisotopic (exact) mass is 289 g/mol. The zero-order valence-electron chi connectivity index (χ0n) is 11.2. The number of hydrogen-bond acceptors (Lipinski definition) is 5. The zero-order valence-corrected chi connectivity index (χ0v) is 11.2. The first-order chi connectivity index (χ1) is 10.1. The Hall–Kier alpha value is -2.70. The summed E-state index contributed by atoms with van der Waals surface area (Å²) < 4.78 is 17.7. The molecule has 1 amide bonds. The van der Waals surface area contributed by atoms with E-state index in [1.165, 1.54) is 12.1 Å². The second kappa shape index (κ2) is 5.35. The predicted molar refractivity (Wildman–Crippen MR) is 72.3 cm³/mol. The van der Waals surface area contributed by atoms with Crippen LogP contribution in [-0.4, -0.2) is 22.9 Å². The third kappa shape index (κ3) is 2.91. The van der Waals surface area contributed by atoms with Crippen LogP contribution >= 0.6 is 0 Å². The first kappa shape index (κ1) is 13.3. The van der Waals surface area contributed by atoms with Gasteiger partial charge in [0.2, 0.25) is 6.10 Å². The normalized spacial score (nSPS) is 17.2. The van der Waals surface area contributed by atoms with Gasteiger partial charge in [-0.05, 0) is 24.6 Å². The molecule has 0 saturated heterocycles. The second-order valence-electron chi connectivity index (χ2n) is 4.66. The summed E-state index contributed by atoms with van der Waals surface area (Å²) in [5, 5.41) is 10.1. The lowest BCUT2D eigenvalue weighted by molar-refractivity contribution is -0.125. The second-order valence-corrected chi connectivity index (χ2v) is 4.66. The fraction of sp³-hybridized carbons (Fsp3) is 0.214. The van der Waals surface area contributed by atoms with Crippen LogP contribution in [0.2, 0.25) is 0 Å². The Balaban J connectivity index is 1.63. The first-order valence-electron chi connectivity index (χ1n) is 6.34. The number of aromatic nitrogens is 1. The maximum absolute atomic E-state index is 12.9. The van der Waals surface area contributed by atoms with Gasteiger partial charge >= 0.3 is 0 Å². The number of hydrogen-bond donors (Lipinski definition) is 1. The van der Waals surface area contributed by atoms with Crippen molar-refractivity contribution in [1.29, 1.82) is 0 Å². The van der Waals surface area contributed by atoms with Crippen molar-refractivity contribution in [2.75, 3.05) is 5.32 Å². The summed E-state index contributed by atoms with van der Waals surface area (Å²) in [5.74, 6) is 0.246. The third-order valence-corrected chi connectivity index (χ3v) is 3.02. The molecule has 0 saturated carbocycles. The van der Waals surface area contributed by atoms with E-state index in [-0.39, 0.29) is 11.7 Å². The Bertz CT molecular complexity index is 694. The number of benzene rings is 1. The highest BCUT2D eigenvalue weighted by molar-refractivity contribution is 6.05. The van der Waals surface area contributed by atoms with Gasteiger partial charge in [0, 0.05) is 12.5 Å². The SMILES string of the molecule is Cc1cc(NC(=O)[C@@H]2CC(c3ccc(F)cc3)=NO2)no1. The average Bonchev–Trinajstić information content (AvgIpc) is 3.09. The number of nitrogens with zero attached hydrogens (tertiary/aromatic N) is 2. The first-order valence-corrected chi connectivity index (χ1v) is 6.34. The largest absolute Gasteiger partial charge is 0.382 e. The molecule has 0 fully saturated rings. The summed E-state index contributed by atoms with van der Waals surface area (Å²) >= 11 is 0. The Morgan fingerprint density at radius 3 is 2.81 bits per heavy atom. The number of oxime groups is 1. The van der Waals surface area contributed by atoms with E-state index in [4.69, 9.17) is 9.36 Å². The summed E-state index contributed by atoms with van der Waals surface area (Å²) in [5.41, 5.74) is 1.33. The van der Waals surface area contributed by atoms with Crippen LogP contribution in [0.1, 0.15) is 17.7 Å². The van der Waals surface area contributed by atoms with Crippen molar-refractivity contribution >= 4 is 17.4 Å². The highest BCUT2D eigenvalue weighted by atomic mass is 19.1. The molecule has 1 aliphatic heterocycles.